The van der Waals surface area contributed by atoms with Crippen LogP contribution in [0.15, 0.2) is 65.4 Å². The summed E-state index contributed by atoms with van der Waals surface area (Å²) in [4.78, 5) is 24.5. The summed E-state index contributed by atoms with van der Waals surface area (Å²) in [6.07, 6.45) is 2.58. The topological polar surface area (TPSA) is 151 Å². The van der Waals surface area contributed by atoms with Gasteiger partial charge >= 0.3 is 12.0 Å². The molecule has 2 aromatic carbocycles. The Kier molecular flexibility index (Phi) is 9.72. The van der Waals surface area contributed by atoms with Crippen LogP contribution in [0, 0.1) is 0 Å². The number of carbonyl (C=O) groups excluding carboxylic acids is 2. The SMILES string of the molecule is C=CCc1cc(/C=N\N[C@@H](O)COc2ccc([C@@H]3NC(=O)NC(C)=C3C(=O)OC)cc2OCC)ccc1O. The molecular weight excluding hydrogens is 492 g/mol. The molecule has 38 heavy (non-hydrogen) atoms. The molecule has 2 amide bonds. The Hall–Kier alpha value is -4.51. The molecule has 0 saturated heterocycles. The van der Waals surface area contributed by atoms with Crippen LogP contribution in [0.2, 0.25) is 0 Å². The van der Waals surface area contributed by atoms with Crippen molar-refractivity contribution in [1.82, 2.24) is 16.1 Å². The lowest BCUT2D eigenvalue weighted by atomic mass is 9.95. The minimum atomic E-state index is -1.13. The van der Waals surface area contributed by atoms with Crippen LogP contribution in [0.3, 0.4) is 0 Å². The summed E-state index contributed by atoms with van der Waals surface area (Å²) in [5.74, 6) is 0.329. The number of aliphatic hydroxyl groups excluding tert-OH is 1. The first-order valence-corrected chi connectivity index (χ1v) is 11.9. The third kappa shape index (κ3) is 7.04. The Morgan fingerprint density at radius 2 is 2.03 bits per heavy atom. The fourth-order valence-corrected chi connectivity index (χ4v) is 3.82. The molecule has 0 aliphatic carbocycles. The molecular formula is C27H32N4O7. The van der Waals surface area contributed by atoms with E-state index in [2.05, 4.69) is 27.7 Å². The van der Waals surface area contributed by atoms with Gasteiger partial charge < -0.3 is 35.1 Å². The number of phenols is 1. The number of esters is 1. The van der Waals surface area contributed by atoms with E-state index in [0.717, 1.165) is 5.56 Å². The highest BCUT2D eigenvalue weighted by Crippen LogP contribution is 2.34. The van der Waals surface area contributed by atoms with Crippen molar-refractivity contribution in [2.24, 2.45) is 5.10 Å². The number of benzene rings is 2. The predicted octanol–water partition coefficient (Wildman–Crippen LogP) is 2.64. The fraction of sp³-hybridized carbons (Fsp3) is 0.296. The number of hydrogen-bond acceptors (Lipinski definition) is 9. The number of nitrogens with zero attached hydrogens (tertiary/aromatic N) is 1. The second-order valence-corrected chi connectivity index (χ2v) is 8.30. The zero-order valence-electron chi connectivity index (χ0n) is 21.5. The van der Waals surface area contributed by atoms with E-state index >= 15 is 0 Å². The summed E-state index contributed by atoms with van der Waals surface area (Å²) in [5.41, 5.74) is 5.28. The van der Waals surface area contributed by atoms with Crippen molar-refractivity contribution in [2.75, 3.05) is 20.3 Å². The second-order valence-electron chi connectivity index (χ2n) is 8.30. The van der Waals surface area contributed by atoms with Gasteiger partial charge in [0.15, 0.2) is 17.7 Å². The molecule has 1 heterocycles. The molecule has 0 fully saturated rings. The predicted molar refractivity (Wildman–Crippen MR) is 141 cm³/mol. The molecule has 202 valence electrons. The molecule has 11 nitrogen and oxygen atoms in total. The summed E-state index contributed by atoms with van der Waals surface area (Å²) < 4.78 is 16.3. The number of hydrazone groups is 1. The van der Waals surface area contributed by atoms with Crippen LogP contribution in [0.4, 0.5) is 4.79 Å². The number of allylic oxidation sites excluding steroid dienone is 2. The average molecular weight is 525 g/mol. The third-order valence-corrected chi connectivity index (χ3v) is 5.58. The first-order valence-electron chi connectivity index (χ1n) is 11.9. The van der Waals surface area contributed by atoms with Crippen LogP contribution < -0.4 is 25.5 Å². The van der Waals surface area contributed by atoms with Gasteiger partial charge in [0.1, 0.15) is 12.4 Å². The van der Waals surface area contributed by atoms with Gasteiger partial charge in [0.05, 0.1) is 31.5 Å². The Morgan fingerprint density at radius 1 is 1.24 bits per heavy atom. The highest BCUT2D eigenvalue weighted by molar-refractivity contribution is 5.95. The Bertz CT molecular complexity index is 1240. The zero-order valence-corrected chi connectivity index (χ0v) is 21.5. The largest absolute Gasteiger partial charge is 0.508 e. The van der Waals surface area contributed by atoms with E-state index in [1.807, 2.05) is 6.92 Å². The molecule has 2 aromatic rings. The number of urea groups is 1. The summed E-state index contributed by atoms with van der Waals surface area (Å²) in [7, 11) is 1.27. The number of methoxy groups -OCH3 is 1. The lowest BCUT2D eigenvalue weighted by molar-refractivity contribution is -0.136. The first kappa shape index (κ1) is 28.1. The van der Waals surface area contributed by atoms with Crippen LogP contribution in [0.25, 0.3) is 0 Å². The van der Waals surface area contributed by atoms with E-state index in [9.17, 15) is 19.8 Å². The van der Waals surface area contributed by atoms with E-state index < -0.39 is 24.3 Å². The highest BCUT2D eigenvalue weighted by atomic mass is 16.5. The van der Waals surface area contributed by atoms with Gasteiger partial charge in [-0.25, -0.2) is 9.59 Å². The lowest BCUT2D eigenvalue weighted by Gasteiger charge is -2.28. The number of carbonyl (C=O) groups is 2. The molecule has 0 bridgehead atoms. The first-order chi connectivity index (χ1) is 18.3. The van der Waals surface area contributed by atoms with Gasteiger partial charge in [0.2, 0.25) is 0 Å². The summed E-state index contributed by atoms with van der Waals surface area (Å²) in [5, 5.41) is 29.5. The van der Waals surface area contributed by atoms with Gasteiger partial charge in [0.25, 0.3) is 0 Å². The smallest absolute Gasteiger partial charge is 0.337 e. The molecule has 0 aromatic heterocycles. The third-order valence-electron chi connectivity index (χ3n) is 5.58. The number of aromatic hydroxyl groups is 1. The minimum Gasteiger partial charge on any atom is -0.508 e. The standard InChI is InChI=1S/C27H32N4O7/c1-5-7-18-12-17(8-10-20(18)32)14-28-31-23(33)15-38-21-11-9-19(13-22(21)37-6-2)25-24(26(34)36-4)16(3)29-27(35)30-25/h5,8-14,23,25,31-33H,1,6-7,15H2,2-4H3,(H2,29,30,35)/b28-14-/t23-,25-/m0/s1. The molecule has 0 radical (unpaired) electrons. The van der Waals surface area contributed by atoms with Crippen molar-refractivity contribution < 1.29 is 34.0 Å². The molecule has 1 aliphatic heterocycles. The average Bonchev–Trinajstić information content (AvgIpc) is 2.89. The number of nitrogens with one attached hydrogen (secondary N) is 3. The van der Waals surface area contributed by atoms with Crippen LogP contribution in [-0.4, -0.2) is 55.0 Å². The van der Waals surface area contributed by atoms with E-state index in [-0.39, 0.29) is 17.9 Å². The number of ether oxygens (including phenoxy) is 3. The Balaban J connectivity index is 1.69. The van der Waals surface area contributed by atoms with E-state index in [0.29, 0.717) is 41.4 Å². The Morgan fingerprint density at radius 3 is 2.74 bits per heavy atom. The quantitative estimate of drug-likeness (QED) is 0.0935. The maximum atomic E-state index is 12.4. The van der Waals surface area contributed by atoms with Crippen LogP contribution in [0.5, 0.6) is 17.2 Å². The summed E-state index contributed by atoms with van der Waals surface area (Å²) >= 11 is 0. The number of aliphatic hydroxyl groups is 1. The number of hydrogen-bond donors (Lipinski definition) is 5. The lowest BCUT2D eigenvalue weighted by Crippen LogP contribution is -2.45. The van der Waals surface area contributed by atoms with Crippen LogP contribution >= 0.6 is 0 Å². The van der Waals surface area contributed by atoms with Crippen molar-refractivity contribution in [3.05, 3.63) is 77.0 Å². The van der Waals surface area contributed by atoms with Gasteiger partial charge in [0, 0.05) is 5.70 Å². The molecule has 0 saturated carbocycles. The number of rotatable bonds is 12. The molecule has 3 rings (SSSR count). The molecule has 5 N–H and O–H groups in total. The molecule has 11 heteroatoms. The second kappa shape index (κ2) is 13.2. The molecule has 2 atom stereocenters. The van der Waals surface area contributed by atoms with Crippen LogP contribution in [0.1, 0.15) is 36.6 Å². The van der Waals surface area contributed by atoms with Crippen molar-refractivity contribution >= 4 is 18.2 Å². The van der Waals surface area contributed by atoms with Gasteiger partial charge in [-0.2, -0.15) is 5.10 Å². The van der Waals surface area contributed by atoms with Crippen molar-refractivity contribution in [3.63, 3.8) is 0 Å². The van der Waals surface area contributed by atoms with E-state index in [1.54, 1.807) is 49.4 Å². The van der Waals surface area contributed by atoms with E-state index in [4.69, 9.17) is 14.2 Å². The zero-order chi connectivity index (χ0) is 27.7. The van der Waals surface area contributed by atoms with Gasteiger partial charge in [-0.05, 0) is 67.3 Å². The van der Waals surface area contributed by atoms with Crippen LogP contribution in [-0.2, 0) is 16.0 Å². The summed E-state index contributed by atoms with van der Waals surface area (Å²) in [6, 6.07) is 8.82. The normalized spacial score (nSPS) is 15.9. The van der Waals surface area contributed by atoms with Gasteiger partial charge in [-0.15, -0.1) is 6.58 Å². The number of phenolic OH excluding ortho intramolecular Hbond substituents is 1. The number of amides is 2. The minimum absolute atomic E-state index is 0.148. The molecule has 1 aliphatic rings. The van der Waals surface area contributed by atoms with E-state index in [1.165, 1.54) is 13.3 Å². The van der Waals surface area contributed by atoms with Gasteiger partial charge in [-0.3, -0.25) is 5.43 Å². The monoisotopic (exact) mass is 524 g/mol. The highest BCUT2D eigenvalue weighted by Gasteiger charge is 2.32. The van der Waals surface area contributed by atoms with Gasteiger partial charge in [-0.1, -0.05) is 12.1 Å². The van der Waals surface area contributed by atoms with Crippen molar-refractivity contribution in [2.45, 2.75) is 32.5 Å². The maximum Gasteiger partial charge on any atom is 0.337 e. The fourth-order valence-electron chi connectivity index (χ4n) is 3.82. The molecule has 0 unspecified atom stereocenters. The van der Waals surface area contributed by atoms with Crippen molar-refractivity contribution in [1.29, 1.82) is 0 Å². The Labute approximate surface area is 220 Å². The summed E-state index contributed by atoms with van der Waals surface area (Å²) in [6.45, 7) is 7.29. The maximum absolute atomic E-state index is 12.4. The van der Waals surface area contributed by atoms with Crippen molar-refractivity contribution in [3.8, 4) is 17.2 Å². The molecule has 0 spiro atoms.